The number of nitrogens with zero attached hydrogens (tertiary/aromatic N) is 1. The average molecular weight is 403 g/mol. The molecule has 0 aromatic heterocycles. The van der Waals surface area contributed by atoms with E-state index in [1.54, 1.807) is 60.7 Å². The molecule has 0 bridgehead atoms. The van der Waals surface area contributed by atoms with Crippen LogP contribution in [0.2, 0.25) is 5.02 Å². The Hall–Kier alpha value is -2.41. The molecule has 4 nitrogen and oxygen atoms in total. The van der Waals surface area contributed by atoms with E-state index in [0.717, 1.165) is 0 Å². The normalized spacial score (nSPS) is 18.5. The largest absolute Gasteiger partial charge is 0.364 e. The van der Waals surface area contributed by atoms with Gasteiger partial charge in [0.05, 0.1) is 5.69 Å². The summed E-state index contributed by atoms with van der Waals surface area (Å²) in [6.45, 7) is 0.0112. The summed E-state index contributed by atoms with van der Waals surface area (Å²) in [7, 11) is -3.82. The first-order valence-corrected chi connectivity index (χ1v) is 10.1. The summed E-state index contributed by atoms with van der Waals surface area (Å²) >= 11 is 6.35. The molecule has 27 heavy (non-hydrogen) atoms. The van der Waals surface area contributed by atoms with Gasteiger partial charge >= 0.3 is 0 Å². The van der Waals surface area contributed by atoms with Crippen molar-refractivity contribution in [1.29, 1.82) is 0 Å². The minimum absolute atomic E-state index is 0.0112. The number of halogens is 2. The van der Waals surface area contributed by atoms with Gasteiger partial charge in [-0.25, -0.2) is 12.8 Å². The van der Waals surface area contributed by atoms with Crippen LogP contribution in [0.4, 0.5) is 10.1 Å². The predicted molar refractivity (Wildman–Crippen MR) is 103 cm³/mol. The summed E-state index contributed by atoms with van der Waals surface area (Å²) in [5.41, 5.74) is 1.70. The number of hydrogen-bond acceptors (Lipinski definition) is 3. The standard InChI is InChI=1S/C20H16ClFN2O2S/c21-17-9-2-1-8-16(17)20-23-18-10-3-4-11-19(18)27(25,26)24(20)13-14-6-5-7-15(22)12-14/h1-12,20,23H,13H2/t20-/m0/s1. The van der Waals surface area contributed by atoms with Gasteiger partial charge in [-0.1, -0.05) is 54.1 Å². The van der Waals surface area contributed by atoms with Gasteiger partial charge in [-0.15, -0.1) is 0 Å². The van der Waals surface area contributed by atoms with Crippen molar-refractivity contribution in [3.05, 3.63) is 94.8 Å². The van der Waals surface area contributed by atoms with E-state index >= 15 is 0 Å². The van der Waals surface area contributed by atoms with Gasteiger partial charge in [-0.2, -0.15) is 4.31 Å². The number of nitrogens with one attached hydrogen (secondary N) is 1. The molecule has 0 saturated heterocycles. The molecule has 0 radical (unpaired) electrons. The summed E-state index contributed by atoms with van der Waals surface area (Å²) in [4.78, 5) is 0.185. The van der Waals surface area contributed by atoms with Gasteiger partial charge in [0.25, 0.3) is 0 Å². The fraction of sp³-hybridized carbons (Fsp3) is 0.100. The van der Waals surface area contributed by atoms with Gasteiger partial charge in [0.1, 0.15) is 16.9 Å². The molecule has 4 rings (SSSR count). The van der Waals surface area contributed by atoms with E-state index in [-0.39, 0.29) is 11.4 Å². The van der Waals surface area contributed by atoms with Crippen molar-refractivity contribution in [1.82, 2.24) is 4.31 Å². The Balaban J connectivity index is 1.86. The van der Waals surface area contributed by atoms with Crippen molar-refractivity contribution in [2.24, 2.45) is 0 Å². The molecule has 3 aromatic carbocycles. The van der Waals surface area contributed by atoms with Crippen molar-refractivity contribution in [2.75, 3.05) is 5.32 Å². The number of para-hydroxylation sites is 1. The van der Waals surface area contributed by atoms with E-state index in [4.69, 9.17) is 11.6 Å². The van der Waals surface area contributed by atoms with E-state index in [2.05, 4.69) is 5.32 Å². The number of hydrogen-bond donors (Lipinski definition) is 1. The molecule has 1 heterocycles. The van der Waals surface area contributed by atoms with Crippen molar-refractivity contribution in [2.45, 2.75) is 17.6 Å². The zero-order chi connectivity index (χ0) is 19.0. The third-order valence-corrected chi connectivity index (χ3v) is 6.69. The Morgan fingerprint density at radius 3 is 2.52 bits per heavy atom. The maximum atomic E-state index is 13.6. The summed E-state index contributed by atoms with van der Waals surface area (Å²) in [6, 6.07) is 19.7. The maximum Gasteiger partial charge on any atom is 0.247 e. The third kappa shape index (κ3) is 3.32. The van der Waals surface area contributed by atoms with Gasteiger partial charge in [0.2, 0.25) is 10.0 Å². The summed E-state index contributed by atoms with van der Waals surface area (Å²) in [6.07, 6.45) is -0.707. The average Bonchev–Trinajstić information content (AvgIpc) is 2.65. The van der Waals surface area contributed by atoms with Crippen LogP contribution in [0, 0.1) is 5.82 Å². The molecule has 1 atom stereocenters. The van der Waals surface area contributed by atoms with Crippen molar-refractivity contribution in [3.63, 3.8) is 0 Å². The van der Waals surface area contributed by atoms with Crippen molar-refractivity contribution < 1.29 is 12.8 Å². The Labute approximate surface area is 162 Å². The fourth-order valence-corrected chi connectivity index (χ4v) is 5.13. The van der Waals surface area contributed by atoms with E-state index in [9.17, 15) is 12.8 Å². The van der Waals surface area contributed by atoms with E-state index in [1.807, 2.05) is 0 Å². The molecule has 3 aromatic rings. The lowest BCUT2D eigenvalue weighted by atomic mass is 10.1. The third-order valence-electron chi connectivity index (χ3n) is 4.48. The second-order valence-corrected chi connectivity index (χ2v) is 8.51. The van der Waals surface area contributed by atoms with Gasteiger partial charge in [-0.05, 0) is 35.9 Å². The van der Waals surface area contributed by atoms with Gasteiger partial charge < -0.3 is 5.32 Å². The lowest BCUT2D eigenvalue weighted by Crippen LogP contribution is -2.42. The zero-order valence-corrected chi connectivity index (χ0v) is 15.7. The lowest BCUT2D eigenvalue weighted by Gasteiger charge is -2.37. The first-order chi connectivity index (χ1) is 13.0. The first kappa shape index (κ1) is 18.0. The summed E-state index contributed by atoms with van der Waals surface area (Å²) in [5.74, 6) is -0.412. The highest BCUT2D eigenvalue weighted by atomic mass is 35.5. The monoisotopic (exact) mass is 402 g/mol. The topological polar surface area (TPSA) is 49.4 Å². The van der Waals surface area contributed by atoms with Crippen LogP contribution >= 0.6 is 11.6 Å². The molecule has 1 aliphatic heterocycles. The number of sulfonamides is 1. The second-order valence-electron chi connectivity index (χ2n) is 6.24. The van der Waals surface area contributed by atoms with Crippen LogP contribution < -0.4 is 5.32 Å². The molecule has 138 valence electrons. The Kier molecular flexibility index (Phi) is 4.63. The second kappa shape index (κ2) is 6.96. The van der Waals surface area contributed by atoms with Gasteiger partial charge in [0, 0.05) is 17.1 Å². The predicted octanol–water partition coefficient (Wildman–Crippen LogP) is 4.79. The molecule has 1 N–H and O–H groups in total. The van der Waals surface area contributed by atoms with Crippen LogP contribution in [0.15, 0.2) is 77.7 Å². The van der Waals surface area contributed by atoms with Gasteiger partial charge in [-0.3, -0.25) is 0 Å². The number of fused-ring (bicyclic) bond motifs is 1. The summed E-state index contributed by atoms with van der Waals surface area (Å²) in [5, 5.41) is 3.72. The fourth-order valence-electron chi connectivity index (χ4n) is 3.22. The van der Waals surface area contributed by atoms with Crippen LogP contribution in [-0.4, -0.2) is 12.7 Å². The molecular weight excluding hydrogens is 387 g/mol. The molecule has 1 aliphatic rings. The number of anilines is 1. The summed E-state index contributed by atoms with van der Waals surface area (Å²) < 4.78 is 41.6. The molecule has 0 unspecified atom stereocenters. The van der Waals surface area contributed by atoms with E-state index < -0.39 is 22.0 Å². The zero-order valence-electron chi connectivity index (χ0n) is 14.1. The van der Waals surface area contributed by atoms with E-state index in [0.29, 0.717) is 21.8 Å². The highest BCUT2D eigenvalue weighted by Gasteiger charge is 2.39. The Bertz CT molecular complexity index is 1100. The molecule has 0 amide bonds. The molecule has 0 saturated carbocycles. The van der Waals surface area contributed by atoms with Crippen molar-refractivity contribution >= 4 is 27.3 Å². The molecule has 7 heteroatoms. The van der Waals surface area contributed by atoms with Crippen LogP contribution in [0.1, 0.15) is 17.3 Å². The quantitative estimate of drug-likeness (QED) is 0.685. The van der Waals surface area contributed by atoms with Crippen LogP contribution in [0.3, 0.4) is 0 Å². The number of benzene rings is 3. The molecule has 0 fully saturated rings. The van der Waals surface area contributed by atoms with Gasteiger partial charge in [0.15, 0.2) is 0 Å². The molecular formula is C20H16ClFN2O2S. The number of rotatable bonds is 3. The smallest absolute Gasteiger partial charge is 0.247 e. The highest BCUT2D eigenvalue weighted by molar-refractivity contribution is 7.89. The highest BCUT2D eigenvalue weighted by Crippen LogP contribution is 2.40. The lowest BCUT2D eigenvalue weighted by molar-refractivity contribution is 0.336. The molecule has 0 spiro atoms. The van der Waals surface area contributed by atoms with Crippen LogP contribution in [-0.2, 0) is 16.6 Å². The van der Waals surface area contributed by atoms with E-state index in [1.165, 1.54) is 16.4 Å². The molecule has 0 aliphatic carbocycles. The Morgan fingerprint density at radius 2 is 1.74 bits per heavy atom. The Morgan fingerprint density at radius 1 is 1.00 bits per heavy atom. The minimum Gasteiger partial charge on any atom is -0.364 e. The van der Waals surface area contributed by atoms with Crippen molar-refractivity contribution in [3.8, 4) is 0 Å². The maximum absolute atomic E-state index is 13.6. The first-order valence-electron chi connectivity index (χ1n) is 8.33. The minimum atomic E-state index is -3.82. The SMILES string of the molecule is O=S1(=O)c2ccccc2N[C@H](c2ccccc2Cl)N1Cc1cccc(F)c1. The van der Waals surface area contributed by atoms with Crippen LogP contribution in [0.5, 0.6) is 0 Å². The van der Waals surface area contributed by atoms with Crippen LogP contribution in [0.25, 0.3) is 0 Å².